The summed E-state index contributed by atoms with van der Waals surface area (Å²) < 4.78 is 0. The van der Waals surface area contributed by atoms with Gasteiger partial charge in [0.2, 0.25) is 0 Å². The monoisotopic (exact) mass is 222 g/mol. The number of rotatable bonds is 5. The topological polar surface area (TPSA) is 54.4 Å². The summed E-state index contributed by atoms with van der Waals surface area (Å²) in [6, 6.07) is 0. The van der Waals surface area contributed by atoms with Crippen molar-refractivity contribution in [2.75, 3.05) is 0 Å². The third-order valence-electron chi connectivity index (χ3n) is 2.94. The zero-order chi connectivity index (χ0) is 12.0. The molecule has 1 N–H and O–H groups in total. The zero-order valence-corrected chi connectivity index (χ0v) is 9.50. The average Bonchev–Trinajstić information content (AvgIpc) is 2.52. The van der Waals surface area contributed by atoms with Gasteiger partial charge < -0.3 is 5.11 Å². The first-order chi connectivity index (χ1) is 7.70. The van der Waals surface area contributed by atoms with Crippen LogP contribution >= 0.6 is 0 Å². The fourth-order valence-electron chi connectivity index (χ4n) is 2.11. The number of Topliss-reactive ketones (excluding diaryl/α,β-unsaturated/α-hetero) is 1. The Morgan fingerprint density at radius 2 is 2.19 bits per heavy atom. The van der Waals surface area contributed by atoms with Crippen LogP contribution in [-0.2, 0) is 9.59 Å². The first kappa shape index (κ1) is 12.8. The molecule has 1 rings (SSSR count). The minimum atomic E-state index is -0.635. The number of carbonyl (C=O) groups excluding carboxylic acids is 2. The molecule has 1 saturated carbocycles. The Labute approximate surface area is 95.9 Å². The maximum absolute atomic E-state index is 11.6. The van der Waals surface area contributed by atoms with Crippen molar-refractivity contribution in [3.05, 3.63) is 24.3 Å². The second-order valence-electron chi connectivity index (χ2n) is 4.06. The van der Waals surface area contributed by atoms with E-state index in [1.54, 1.807) is 6.08 Å². The van der Waals surface area contributed by atoms with Crippen LogP contribution in [0.3, 0.4) is 0 Å². The molecule has 0 radical (unpaired) electrons. The van der Waals surface area contributed by atoms with Crippen molar-refractivity contribution in [2.45, 2.75) is 32.3 Å². The molecule has 16 heavy (non-hydrogen) atoms. The molecule has 1 aliphatic carbocycles. The van der Waals surface area contributed by atoms with E-state index >= 15 is 0 Å². The van der Waals surface area contributed by atoms with E-state index in [4.69, 9.17) is 0 Å². The van der Waals surface area contributed by atoms with E-state index in [2.05, 4.69) is 0 Å². The molecule has 0 amide bonds. The Kier molecular flexibility index (Phi) is 5.12. The molecule has 0 bridgehead atoms. The molecule has 3 heteroatoms. The number of hydrogen-bond acceptors (Lipinski definition) is 3. The van der Waals surface area contributed by atoms with E-state index in [9.17, 15) is 14.7 Å². The number of carbonyl (C=O) groups is 2. The Bertz CT molecular complexity index is 304. The summed E-state index contributed by atoms with van der Waals surface area (Å²) in [5, 5.41) is 9.70. The van der Waals surface area contributed by atoms with Crippen LogP contribution in [-0.4, -0.2) is 23.3 Å². The molecule has 0 aliphatic heterocycles. The SMILES string of the molecule is CC/C=C/CC1C(=O)CC(O)C1/C=C/C=O. The fourth-order valence-corrected chi connectivity index (χ4v) is 2.11. The molecule has 3 unspecified atom stereocenters. The van der Waals surface area contributed by atoms with E-state index in [1.165, 1.54) is 6.08 Å². The number of ketones is 1. The summed E-state index contributed by atoms with van der Waals surface area (Å²) in [7, 11) is 0. The van der Waals surface area contributed by atoms with Crippen molar-refractivity contribution < 1.29 is 14.7 Å². The minimum absolute atomic E-state index is 0.0915. The lowest BCUT2D eigenvalue weighted by molar-refractivity contribution is -0.121. The molecular weight excluding hydrogens is 204 g/mol. The number of hydrogen-bond donors (Lipinski definition) is 1. The van der Waals surface area contributed by atoms with Gasteiger partial charge in [-0.15, -0.1) is 0 Å². The molecule has 0 aromatic carbocycles. The van der Waals surface area contributed by atoms with Crippen LogP contribution in [0.25, 0.3) is 0 Å². The van der Waals surface area contributed by atoms with Crippen molar-refractivity contribution in [3.63, 3.8) is 0 Å². The predicted octanol–water partition coefficient (Wildman–Crippen LogP) is 1.66. The summed E-state index contributed by atoms with van der Waals surface area (Å²) in [6.07, 6.45) is 8.84. The van der Waals surface area contributed by atoms with Gasteiger partial charge in [-0.25, -0.2) is 0 Å². The van der Waals surface area contributed by atoms with Crippen molar-refractivity contribution in [1.29, 1.82) is 0 Å². The Morgan fingerprint density at radius 3 is 2.81 bits per heavy atom. The maximum atomic E-state index is 11.6. The molecule has 1 aliphatic rings. The van der Waals surface area contributed by atoms with Gasteiger partial charge in [0.25, 0.3) is 0 Å². The standard InChI is InChI=1S/C13H18O3/c1-2-3-4-6-10-11(7-5-8-14)13(16)9-12(10)15/h3-5,7-8,10-11,13,16H,2,6,9H2,1H3/b4-3+,7-5+. The van der Waals surface area contributed by atoms with Gasteiger partial charge >= 0.3 is 0 Å². The molecule has 88 valence electrons. The van der Waals surface area contributed by atoms with Crippen LogP contribution in [0, 0.1) is 11.8 Å². The van der Waals surface area contributed by atoms with Gasteiger partial charge in [-0.3, -0.25) is 9.59 Å². The maximum Gasteiger partial charge on any atom is 0.142 e. The predicted molar refractivity (Wildman–Crippen MR) is 61.9 cm³/mol. The van der Waals surface area contributed by atoms with Crippen molar-refractivity contribution in [1.82, 2.24) is 0 Å². The van der Waals surface area contributed by atoms with Gasteiger partial charge in [0.1, 0.15) is 12.1 Å². The van der Waals surface area contributed by atoms with Gasteiger partial charge in [-0.05, 0) is 18.9 Å². The van der Waals surface area contributed by atoms with Crippen LogP contribution in [0.2, 0.25) is 0 Å². The summed E-state index contributed by atoms with van der Waals surface area (Å²) >= 11 is 0. The Morgan fingerprint density at radius 1 is 1.44 bits per heavy atom. The summed E-state index contributed by atoms with van der Waals surface area (Å²) in [5.41, 5.74) is 0. The van der Waals surface area contributed by atoms with Gasteiger partial charge in [0.15, 0.2) is 0 Å². The smallest absolute Gasteiger partial charge is 0.142 e. The van der Waals surface area contributed by atoms with Crippen molar-refractivity contribution in [2.24, 2.45) is 11.8 Å². The lowest BCUT2D eigenvalue weighted by atomic mass is 9.91. The normalized spacial score (nSPS) is 30.6. The van der Waals surface area contributed by atoms with Crippen molar-refractivity contribution >= 4 is 12.1 Å². The zero-order valence-electron chi connectivity index (χ0n) is 9.50. The summed E-state index contributed by atoms with van der Waals surface area (Å²) in [5.74, 6) is -0.290. The highest BCUT2D eigenvalue weighted by molar-refractivity contribution is 5.85. The van der Waals surface area contributed by atoms with E-state index < -0.39 is 6.10 Å². The summed E-state index contributed by atoms with van der Waals surface area (Å²) in [4.78, 5) is 21.9. The highest BCUT2D eigenvalue weighted by Crippen LogP contribution is 2.33. The average molecular weight is 222 g/mol. The fraction of sp³-hybridized carbons (Fsp3) is 0.538. The lowest BCUT2D eigenvalue weighted by Crippen LogP contribution is -2.17. The van der Waals surface area contributed by atoms with Crippen molar-refractivity contribution in [3.8, 4) is 0 Å². The lowest BCUT2D eigenvalue weighted by Gasteiger charge is -2.15. The third-order valence-corrected chi connectivity index (χ3v) is 2.94. The van der Waals surface area contributed by atoms with E-state index in [0.717, 1.165) is 6.42 Å². The van der Waals surface area contributed by atoms with Crippen LogP contribution in [0.15, 0.2) is 24.3 Å². The largest absolute Gasteiger partial charge is 0.392 e. The summed E-state index contributed by atoms with van der Waals surface area (Å²) in [6.45, 7) is 2.03. The van der Waals surface area contributed by atoms with Crippen LogP contribution in [0.1, 0.15) is 26.2 Å². The number of aliphatic hydroxyl groups excluding tert-OH is 1. The van der Waals surface area contributed by atoms with Crippen LogP contribution in [0.5, 0.6) is 0 Å². The van der Waals surface area contributed by atoms with Gasteiger partial charge in [0.05, 0.1) is 6.10 Å². The number of allylic oxidation sites excluding steroid dienone is 3. The molecule has 0 spiro atoms. The first-order valence-electron chi connectivity index (χ1n) is 5.68. The highest BCUT2D eigenvalue weighted by Gasteiger charge is 2.38. The molecule has 0 saturated heterocycles. The van der Waals surface area contributed by atoms with E-state index in [-0.39, 0.29) is 24.0 Å². The second kappa shape index (κ2) is 6.38. The molecule has 3 atom stereocenters. The molecule has 0 aromatic rings. The first-order valence-corrected chi connectivity index (χ1v) is 5.68. The number of aliphatic hydroxyl groups is 1. The van der Waals surface area contributed by atoms with E-state index in [1.807, 2.05) is 19.1 Å². The second-order valence-corrected chi connectivity index (χ2v) is 4.06. The van der Waals surface area contributed by atoms with Gasteiger partial charge in [-0.2, -0.15) is 0 Å². The van der Waals surface area contributed by atoms with Crippen LogP contribution in [0.4, 0.5) is 0 Å². The molecule has 1 fully saturated rings. The van der Waals surface area contributed by atoms with Crippen LogP contribution < -0.4 is 0 Å². The quantitative estimate of drug-likeness (QED) is 0.437. The molecule has 0 aromatic heterocycles. The highest BCUT2D eigenvalue weighted by atomic mass is 16.3. The van der Waals surface area contributed by atoms with Gasteiger partial charge in [-0.1, -0.05) is 25.2 Å². The van der Waals surface area contributed by atoms with Gasteiger partial charge in [0, 0.05) is 18.3 Å². The molecule has 0 heterocycles. The molecule has 3 nitrogen and oxygen atoms in total. The molecular formula is C13H18O3. The third kappa shape index (κ3) is 3.14. The minimum Gasteiger partial charge on any atom is -0.392 e. The van der Waals surface area contributed by atoms with E-state index in [0.29, 0.717) is 12.7 Å². The Balaban J connectivity index is 2.69. The number of aldehydes is 1. The Hall–Kier alpha value is -1.22.